The van der Waals surface area contributed by atoms with Crippen molar-refractivity contribution in [2.24, 2.45) is 0 Å². The van der Waals surface area contributed by atoms with Gasteiger partial charge in [-0.2, -0.15) is 5.10 Å². The summed E-state index contributed by atoms with van der Waals surface area (Å²) in [6.45, 7) is 5.04. The molecule has 96 valence electrons. The first-order chi connectivity index (χ1) is 8.69. The van der Waals surface area contributed by atoms with Crippen molar-refractivity contribution in [2.45, 2.75) is 19.7 Å². The standard InChI is InChI=1S/C14H18ClN3/c1-4-17(3)14-13(10-15)11(2)16-18(14)12-8-6-5-7-9-12/h5-9H,4,10H2,1-3H3. The van der Waals surface area contributed by atoms with Crippen molar-refractivity contribution in [1.29, 1.82) is 0 Å². The van der Waals surface area contributed by atoms with E-state index in [4.69, 9.17) is 11.6 Å². The molecule has 0 spiro atoms. The molecule has 0 unspecified atom stereocenters. The Morgan fingerprint density at radius 1 is 1.28 bits per heavy atom. The number of aromatic nitrogens is 2. The molecule has 2 aromatic rings. The highest BCUT2D eigenvalue weighted by Crippen LogP contribution is 2.27. The summed E-state index contributed by atoms with van der Waals surface area (Å²) >= 11 is 6.06. The summed E-state index contributed by atoms with van der Waals surface area (Å²) in [5.74, 6) is 1.56. The Hall–Kier alpha value is -1.48. The van der Waals surface area contributed by atoms with Crippen LogP contribution >= 0.6 is 11.6 Å². The van der Waals surface area contributed by atoms with Crippen molar-refractivity contribution in [1.82, 2.24) is 9.78 Å². The summed E-state index contributed by atoms with van der Waals surface area (Å²) in [6.07, 6.45) is 0. The topological polar surface area (TPSA) is 21.1 Å². The molecule has 0 amide bonds. The van der Waals surface area contributed by atoms with Crippen LogP contribution in [-0.2, 0) is 5.88 Å². The molecule has 4 heteroatoms. The average molecular weight is 264 g/mol. The van der Waals surface area contributed by atoms with Gasteiger partial charge in [-0.25, -0.2) is 4.68 Å². The Bertz CT molecular complexity index is 519. The van der Waals surface area contributed by atoms with Gasteiger partial charge in [0.15, 0.2) is 0 Å². The average Bonchev–Trinajstić information content (AvgIpc) is 2.75. The number of nitrogens with zero attached hydrogens (tertiary/aromatic N) is 3. The van der Waals surface area contributed by atoms with Crippen LogP contribution in [0.1, 0.15) is 18.2 Å². The highest BCUT2D eigenvalue weighted by atomic mass is 35.5. The second-order valence-electron chi connectivity index (χ2n) is 4.28. The van der Waals surface area contributed by atoms with E-state index >= 15 is 0 Å². The normalized spacial score (nSPS) is 10.7. The van der Waals surface area contributed by atoms with Crippen molar-refractivity contribution < 1.29 is 0 Å². The summed E-state index contributed by atoms with van der Waals surface area (Å²) in [4.78, 5) is 2.17. The van der Waals surface area contributed by atoms with Crippen LogP contribution in [0.2, 0.25) is 0 Å². The van der Waals surface area contributed by atoms with Crippen LogP contribution < -0.4 is 4.90 Å². The quantitative estimate of drug-likeness (QED) is 0.789. The predicted molar refractivity (Wildman–Crippen MR) is 76.8 cm³/mol. The number of aryl methyl sites for hydroxylation is 1. The Morgan fingerprint density at radius 3 is 2.50 bits per heavy atom. The summed E-state index contributed by atoms with van der Waals surface area (Å²) in [7, 11) is 2.06. The van der Waals surface area contributed by atoms with E-state index in [9.17, 15) is 0 Å². The lowest BCUT2D eigenvalue weighted by molar-refractivity contribution is 0.817. The van der Waals surface area contributed by atoms with Gasteiger partial charge in [-0.1, -0.05) is 18.2 Å². The fourth-order valence-electron chi connectivity index (χ4n) is 1.99. The fourth-order valence-corrected chi connectivity index (χ4v) is 2.31. The van der Waals surface area contributed by atoms with Gasteiger partial charge in [0.1, 0.15) is 5.82 Å². The van der Waals surface area contributed by atoms with E-state index in [-0.39, 0.29) is 0 Å². The van der Waals surface area contributed by atoms with Crippen LogP contribution in [0.15, 0.2) is 30.3 Å². The second-order valence-corrected chi connectivity index (χ2v) is 4.55. The molecule has 0 aliphatic heterocycles. The van der Waals surface area contributed by atoms with E-state index in [1.54, 1.807) is 0 Å². The molecule has 2 rings (SSSR count). The minimum atomic E-state index is 0.484. The smallest absolute Gasteiger partial charge is 0.136 e. The Balaban J connectivity index is 2.60. The van der Waals surface area contributed by atoms with Crippen molar-refractivity contribution in [3.63, 3.8) is 0 Å². The molecule has 0 atom stereocenters. The molecule has 0 radical (unpaired) electrons. The molecule has 1 heterocycles. The van der Waals surface area contributed by atoms with Crippen LogP contribution in [0, 0.1) is 6.92 Å². The van der Waals surface area contributed by atoms with Crippen LogP contribution in [0.3, 0.4) is 0 Å². The first-order valence-electron chi connectivity index (χ1n) is 6.10. The zero-order valence-corrected chi connectivity index (χ0v) is 11.8. The van der Waals surface area contributed by atoms with Crippen LogP contribution in [-0.4, -0.2) is 23.4 Å². The Labute approximate surface area is 113 Å². The molecule has 18 heavy (non-hydrogen) atoms. The lowest BCUT2D eigenvalue weighted by atomic mass is 10.2. The molecule has 1 aromatic heterocycles. The molecule has 0 N–H and O–H groups in total. The number of alkyl halides is 1. The van der Waals surface area contributed by atoms with E-state index < -0.39 is 0 Å². The first kappa shape index (κ1) is 13.0. The van der Waals surface area contributed by atoms with Crippen LogP contribution in [0.5, 0.6) is 0 Å². The van der Waals surface area contributed by atoms with Crippen LogP contribution in [0.4, 0.5) is 5.82 Å². The maximum atomic E-state index is 6.06. The minimum Gasteiger partial charge on any atom is -0.360 e. The van der Waals surface area contributed by atoms with Crippen LogP contribution in [0.25, 0.3) is 5.69 Å². The summed E-state index contributed by atoms with van der Waals surface area (Å²) in [5.41, 5.74) is 3.15. The van der Waals surface area contributed by atoms with Gasteiger partial charge in [0.25, 0.3) is 0 Å². The van der Waals surface area contributed by atoms with Crippen molar-refractivity contribution >= 4 is 17.4 Å². The fraction of sp³-hybridized carbons (Fsp3) is 0.357. The Kier molecular flexibility index (Phi) is 3.92. The second kappa shape index (κ2) is 5.44. The van der Waals surface area contributed by atoms with E-state index in [2.05, 4.69) is 36.1 Å². The third-order valence-corrected chi connectivity index (χ3v) is 3.39. The molecule has 3 nitrogen and oxygen atoms in total. The lowest BCUT2D eigenvalue weighted by Gasteiger charge is -2.20. The van der Waals surface area contributed by atoms with Gasteiger partial charge in [-0.15, -0.1) is 11.6 Å². The van der Waals surface area contributed by atoms with E-state index in [0.717, 1.165) is 29.3 Å². The van der Waals surface area contributed by atoms with Gasteiger partial charge in [-0.3, -0.25) is 0 Å². The maximum absolute atomic E-state index is 6.06. The number of benzene rings is 1. The van der Waals surface area contributed by atoms with Gasteiger partial charge in [0.2, 0.25) is 0 Å². The number of halogens is 1. The highest BCUT2D eigenvalue weighted by Gasteiger charge is 2.18. The van der Waals surface area contributed by atoms with Crippen molar-refractivity contribution in [2.75, 3.05) is 18.5 Å². The number of hydrogen-bond acceptors (Lipinski definition) is 2. The first-order valence-corrected chi connectivity index (χ1v) is 6.63. The number of hydrogen-bond donors (Lipinski definition) is 0. The zero-order chi connectivity index (χ0) is 13.1. The molecule has 0 saturated heterocycles. The lowest BCUT2D eigenvalue weighted by Crippen LogP contribution is -2.20. The molecule has 0 bridgehead atoms. The maximum Gasteiger partial charge on any atom is 0.136 e. The summed E-state index contributed by atoms with van der Waals surface area (Å²) < 4.78 is 1.97. The molecule has 0 aliphatic rings. The van der Waals surface area contributed by atoms with Gasteiger partial charge in [-0.05, 0) is 26.0 Å². The monoisotopic (exact) mass is 263 g/mol. The number of anilines is 1. The third-order valence-electron chi connectivity index (χ3n) is 3.13. The third kappa shape index (κ3) is 2.23. The summed E-state index contributed by atoms with van der Waals surface area (Å²) in [6, 6.07) is 10.1. The van der Waals surface area contributed by atoms with Gasteiger partial charge in [0, 0.05) is 19.2 Å². The largest absolute Gasteiger partial charge is 0.360 e. The van der Waals surface area contributed by atoms with Gasteiger partial charge >= 0.3 is 0 Å². The van der Waals surface area contributed by atoms with E-state index in [1.165, 1.54) is 0 Å². The molecule has 0 fully saturated rings. The molecule has 0 aliphatic carbocycles. The number of rotatable bonds is 4. The highest BCUT2D eigenvalue weighted by molar-refractivity contribution is 6.17. The zero-order valence-electron chi connectivity index (χ0n) is 11.0. The minimum absolute atomic E-state index is 0.484. The van der Waals surface area contributed by atoms with E-state index in [1.807, 2.05) is 29.8 Å². The SMILES string of the molecule is CCN(C)c1c(CCl)c(C)nn1-c1ccccc1. The molecular weight excluding hydrogens is 246 g/mol. The van der Waals surface area contributed by atoms with E-state index in [0.29, 0.717) is 5.88 Å². The molecule has 1 aromatic carbocycles. The van der Waals surface area contributed by atoms with Gasteiger partial charge in [0.05, 0.1) is 17.3 Å². The predicted octanol–water partition coefficient (Wildman–Crippen LogP) is 3.38. The van der Waals surface area contributed by atoms with Gasteiger partial charge < -0.3 is 4.90 Å². The summed E-state index contributed by atoms with van der Waals surface area (Å²) in [5, 5.41) is 4.61. The number of para-hydroxylation sites is 1. The van der Waals surface area contributed by atoms with Crippen molar-refractivity contribution in [3.05, 3.63) is 41.6 Å². The van der Waals surface area contributed by atoms with Crippen molar-refractivity contribution in [3.8, 4) is 5.69 Å². The molecular formula is C14H18ClN3. The Morgan fingerprint density at radius 2 is 1.94 bits per heavy atom. The molecule has 0 saturated carbocycles.